The van der Waals surface area contributed by atoms with E-state index in [2.05, 4.69) is 0 Å². The van der Waals surface area contributed by atoms with E-state index < -0.39 is 12.2 Å². The second kappa shape index (κ2) is 4.47. The SMILES string of the molecule is COc1cccc2c1N(CC(=O)O)C(O)C=C2. The van der Waals surface area contributed by atoms with Crippen LogP contribution in [-0.2, 0) is 4.79 Å². The Kier molecular flexibility index (Phi) is 3.01. The maximum atomic E-state index is 10.8. The molecule has 1 atom stereocenters. The molecular formula is C12H13NO4. The molecule has 5 heteroatoms. The van der Waals surface area contributed by atoms with E-state index in [0.29, 0.717) is 11.4 Å². The molecule has 0 radical (unpaired) electrons. The van der Waals surface area contributed by atoms with Crippen LogP contribution in [0.1, 0.15) is 5.56 Å². The van der Waals surface area contributed by atoms with Crippen molar-refractivity contribution < 1.29 is 19.7 Å². The summed E-state index contributed by atoms with van der Waals surface area (Å²) in [6.45, 7) is -0.279. The minimum atomic E-state index is -1.00. The highest BCUT2D eigenvalue weighted by Crippen LogP contribution is 2.36. The number of aliphatic hydroxyl groups is 1. The Morgan fingerprint density at radius 2 is 2.29 bits per heavy atom. The number of carboxylic acids is 1. The lowest BCUT2D eigenvalue weighted by Crippen LogP contribution is -2.40. The molecule has 0 aliphatic carbocycles. The summed E-state index contributed by atoms with van der Waals surface area (Å²) in [6.07, 6.45) is 2.35. The van der Waals surface area contributed by atoms with Gasteiger partial charge in [-0.25, -0.2) is 0 Å². The summed E-state index contributed by atoms with van der Waals surface area (Å²) in [5.41, 5.74) is 1.43. The number of para-hydroxylation sites is 1. The third-order valence-corrected chi connectivity index (χ3v) is 2.61. The van der Waals surface area contributed by atoms with Crippen molar-refractivity contribution in [1.29, 1.82) is 0 Å². The van der Waals surface area contributed by atoms with E-state index in [-0.39, 0.29) is 6.54 Å². The third kappa shape index (κ3) is 2.09. The van der Waals surface area contributed by atoms with Gasteiger partial charge in [0, 0.05) is 5.56 Å². The largest absolute Gasteiger partial charge is 0.495 e. The highest BCUT2D eigenvalue weighted by molar-refractivity contribution is 5.82. The van der Waals surface area contributed by atoms with Gasteiger partial charge in [-0.1, -0.05) is 18.2 Å². The molecule has 1 aliphatic rings. The molecule has 90 valence electrons. The number of nitrogens with zero attached hydrogens (tertiary/aromatic N) is 1. The predicted octanol–water partition coefficient (Wildman–Crippen LogP) is 0.931. The van der Waals surface area contributed by atoms with Crippen molar-refractivity contribution >= 4 is 17.7 Å². The second-order valence-corrected chi connectivity index (χ2v) is 3.69. The molecule has 0 aromatic heterocycles. The molecule has 0 amide bonds. The van der Waals surface area contributed by atoms with Gasteiger partial charge in [0.1, 0.15) is 18.5 Å². The first-order valence-corrected chi connectivity index (χ1v) is 5.15. The average molecular weight is 235 g/mol. The highest BCUT2D eigenvalue weighted by atomic mass is 16.5. The Morgan fingerprint density at radius 3 is 2.94 bits per heavy atom. The van der Waals surface area contributed by atoms with Crippen molar-refractivity contribution in [3.63, 3.8) is 0 Å². The second-order valence-electron chi connectivity index (χ2n) is 3.69. The zero-order valence-electron chi connectivity index (χ0n) is 9.33. The van der Waals surface area contributed by atoms with Gasteiger partial charge in [-0.2, -0.15) is 0 Å². The minimum absolute atomic E-state index is 0.279. The van der Waals surface area contributed by atoms with Crippen molar-refractivity contribution in [2.24, 2.45) is 0 Å². The third-order valence-electron chi connectivity index (χ3n) is 2.61. The summed E-state index contributed by atoms with van der Waals surface area (Å²) in [6, 6.07) is 5.40. The molecular weight excluding hydrogens is 222 g/mol. The van der Waals surface area contributed by atoms with Crippen molar-refractivity contribution in [3.05, 3.63) is 29.8 Å². The van der Waals surface area contributed by atoms with Crippen LogP contribution in [0.3, 0.4) is 0 Å². The predicted molar refractivity (Wildman–Crippen MR) is 63.0 cm³/mol. The van der Waals surface area contributed by atoms with Crippen molar-refractivity contribution in [2.75, 3.05) is 18.6 Å². The van der Waals surface area contributed by atoms with E-state index in [1.54, 1.807) is 18.2 Å². The molecule has 0 bridgehead atoms. The Labute approximate surface area is 98.5 Å². The van der Waals surface area contributed by atoms with Crippen LogP contribution in [0.15, 0.2) is 24.3 Å². The Bertz CT molecular complexity index is 470. The van der Waals surface area contributed by atoms with E-state index in [1.165, 1.54) is 12.0 Å². The number of anilines is 1. The number of fused-ring (bicyclic) bond motifs is 1. The van der Waals surface area contributed by atoms with E-state index in [4.69, 9.17) is 9.84 Å². The number of aliphatic carboxylic acids is 1. The molecule has 0 saturated heterocycles. The molecule has 1 aromatic carbocycles. The summed E-state index contributed by atoms with van der Waals surface area (Å²) >= 11 is 0. The van der Waals surface area contributed by atoms with E-state index in [9.17, 15) is 9.90 Å². The lowest BCUT2D eigenvalue weighted by atomic mass is 10.1. The molecule has 0 fully saturated rings. The van der Waals surface area contributed by atoms with Crippen LogP contribution in [0, 0.1) is 0 Å². The topological polar surface area (TPSA) is 70.0 Å². The van der Waals surface area contributed by atoms with E-state index >= 15 is 0 Å². The fraction of sp³-hybridized carbons (Fsp3) is 0.250. The summed E-state index contributed by atoms with van der Waals surface area (Å²) in [5, 5.41) is 18.7. The Hall–Kier alpha value is -2.01. The van der Waals surface area contributed by atoms with Gasteiger partial charge in [0.15, 0.2) is 0 Å². The number of hydrogen-bond donors (Lipinski definition) is 2. The minimum Gasteiger partial charge on any atom is -0.495 e. The quantitative estimate of drug-likeness (QED) is 0.815. The molecule has 2 N–H and O–H groups in total. The summed E-state index contributed by atoms with van der Waals surface area (Å²) in [7, 11) is 1.51. The molecule has 17 heavy (non-hydrogen) atoms. The smallest absolute Gasteiger partial charge is 0.323 e. The Morgan fingerprint density at radius 1 is 1.53 bits per heavy atom. The van der Waals surface area contributed by atoms with Crippen LogP contribution in [0.5, 0.6) is 5.75 Å². The lowest BCUT2D eigenvalue weighted by Gasteiger charge is -2.32. The first-order valence-electron chi connectivity index (χ1n) is 5.15. The average Bonchev–Trinajstić information content (AvgIpc) is 2.31. The van der Waals surface area contributed by atoms with Gasteiger partial charge in [-0.15, -0.1) is 0 Å². The molecule has 1 unspecified atom stereocenters. The van der Waals surface area contributed by atoms with E-state index in [0.717, 1.165) is 5.56 Å². The highest BCUT2D eigenvalue weighted by Gasteiger charge is 2.25. The number of methoxy groups -OCH3 is 1. The number of hydrogen-bond acceptors (Lipinski definition) is 4. The number of ether oxygens (including phenoxy) is 1. The zero-order chi connectivity index (χ0) is 12.4. The normalized spacial score (nSPS) is 17.8. The van der Waals surface area contributed by atoms with Crippen molar-refractivity contribution in [3.8, 4) is 5.75 Å². The Balaban J connectivity index is 2.49. The molecule has 1 aliphatic heterocycles. The number of rotatable bonds is 3. The monoisotopic (exact) mass is 235 g/mol. The first kappa shape index (κ1) is 11.5. The van der Waals surface area contributed by atoms with Gasteiger partial charge >= 0.3 is 5.97 Å². The zero-order valence-corrected chi connectivity index (χ0v) is 9.33. The molecule has 0 saturated carbocycles. The van der Waals surface area contributed by atoms with Crippen LogP contribution in [-0.4, -0.2) is 36.1 Å². The van der Waals surface area contributed by atoms with Gasteiger partial charge in [0.25, 0.3) is 0 Å². The molecule has 2 rings (SSSR count). The van der Waals surface area contributed by atoms with E-state index in [1.807, 2.05) is 12.1 Å². The summed E-state index contributed by atoms with van der Waals surface area (Å²) < 4.78 is 5.19. The van der Waals surface area contributed by atoms with Gasteiger partial charge in [0.2, 0.25) is 0 Å². The van der Waals surface area contributed by atoms with Crippen LogP contribution in [0.4, 0.5) is 5.69 Å². The molecule has 1 aromatic rings. The summed E-state index contributed by atoms with van der Waals surface area (Å²) in [5.74, 6) is -0.455. The summed E-state index contributed by atoms with van der Waals surface area (Å²) in [4.78, 5) is 12.2. The van der Waals surface area contributed by atoms with Crippen molar-refractivity contribution in [1.82, 2.24) is 0 Å². The number of carbonyl (C=O) groups is 1. The maximum Gasteiger partial charge on any atom is 0.323 e. The fourth-order valence-corrected chi connectivity index (χ4v) is 1.89. The molecule has 5 nitrogen and oxygen atoms in total. The molecule has 1 heterocycles. The van der Waals surface area contributed by atoms with Gasteiger partial charge in [-0.05, 0) is 12.1 Å². The van der Waals surface area contributed by atoms with Gasteiger partial charge in [0.05, 0.1) is 12.8 Å². The van der Waals surface area contributed by atoms with Crippen LogP contribution < -0.4 is 9.64 Å². The van der Waals surface area contributed by atoms with Crippen LogP contribution >= 0.6 is 0 Å². The van der Waals surface area contributed by atoms with Gasteiger partial charge < -0.3 is 19.8 Å². The molecule has 0 spiro atoms. The number of aliphatic hydroxyl groups excluding tert-OH is 1. The number of benzene rings is 1. The maximum absolute atomic E-state index is 10.8. The lowest BCUT2D eigenvalue weighted by molar-refractivity contribution is -0.135. The van der Waals surface area contributed by atoms with Gasteiger partial charge in [-0.3, -0.25) is 4.79 Å². The first-order chi connectivity index (χ1) is 8.13. The van der Waals surface area contributed by atoms with Crippen LogP contribution in [0.25, 0.3) is 6.08 Å². The number of carboxylic acid groups (broad SMARTS) is 1. The standard InChI is InChI=1S/C12H13NO4/c1-17-9-4-2-3-8-5-6-10(14)13(12(8)9)7-11(15)16/h2-6,10,14H,7H2,1H3,(H,15,16). The fourth-order valence-electron chi connectivity index (χ4n) is 1.89. The van der Waals surface area contributed by atoms with Crippen molar-refractivity contribution in [2.45, 2.75) is 6.23 Å². The van der Waals surface area contributed by atoms with Crippen LogP contribution in [0.2, 0.25) is 0 Å².